The summed E-state index contributed by atoms with van der Waals surface area (Å²) in [4.78, 5) is 40.3. The number of ketones is 1. The number of furan rings is 1. The molecule has 132 valence electrons. The second-order valence-corrected chi connectivity index (χ2v) is 5.49. The summed E-state index contributed by atoms with van der Waals surface area (Å²) in [7, 11) is 1.72. The van der Waals surface area contributed by atoms with Gasteiger partial charge < -0.3 is 19.6 Å². The lowest BCUT2D eigenvalue weighted by Gasteiger charge is -2.07. The molecule has 2 heterocycles. The number of nitrogens with one attached hydrogen (secondary N) is 2. The Morgan fingerprint density at radius 2 is 2.00 bits per heavy atom. The van der Waals surface area contributed by atoms with E-state index in [0.29, 0.717) is 17.0 Å². The third kappa shape index (κ3) is 3.86. The number of rotatable bonds is 5. The Kier molecular flexibility index (Phi) is 4.93. The molecule has 0 radical (unpaired) electrons. The lowest BCUT2D eigenvalue weighted by molar-refractivity contribution is -0.136. The minimum Gasteiger partial charge on any atom is -0.467 e. The fraction of sp³-hybridized carbons (Fsp3) is 0.111. The zero-order chi connectivity index (χ0) is 18.5. The van der Waals surface area contributed by atoms with Crippen LogP contribution in [0.4, 0.5) is 5.69 Å². The first-order valence-electron chi connectivity index (χ1n) is 7.78. The van der Waals surface area contributed by atoms with Gasteiger partial charge in [-0.3, -0.25) is 14.4 Å². The van der Waals surface area contributed by atoms with Crippen molar-refractivity contribution in [1.29, 1.82) is 0 Å². The molecule has 0 aliphatic heterocycles. The van der Waals surface area contributed by atoms with Gasteiger partial charge in [0.1, 0.15) is 5.76 Å². The molecule has 0 fully saturated rings. The van der Waals surface area contributed by atoms with E-state index >= 15 is 0 Å². The first-order chi connectivity index (χ1) is 12.5. The molecule has 0 atom stereocenters. The summed E-state index contributed by atoms with van der Waals surface area (Å²) in [5.41, 5.74) is 0.691. The van der Waals surface area contributed by atoms with Crippen LogP contribution < -0.4 is 10.6 Å². The Balaban J connectivity index is 1.64. The zero-order valence-corrected chi connectivity index (χ0v) is 13.9. The van der Waals surface area contributed by atoms with Crippen molar-refractivity contribution in [1.82, 2.24) is 14.9 Å². The maximum absolute atomic E-state index is 12.4. The minimum atomic E-state index is -0.835. The number of hydrogen-bond donors (Lipinski definition) is 2. The van der Waals surface area contributed by atoms with Crippen LogP contribution in [0.15, 0.2) is 59.5 Å². The van der Waals surface area contributed by atoms with E-state index in [-0.39, 0.29) is 18.2 Å². The summed E-state index contributed by atoms with van der Waals surface area (Å²) in [6.07, 6.45) is 4.68. The highest BCUT2D eigenvalue weighted by molar-refractivity contribution is 6.39. The molecule has 0 saturated heterocycles. The summed E-state index contributed by atoms with van der Waals surface area (Å²) in [6.45, 7) is 0.108. The van der Waals surface area contributed by atoms with E-state index in [9.17, 15) is 14.4 Å². The molecule has 8 heteroatoms. The van der Waals surface area contributed by atoms with Crippen LogP contribution in [0.1, 0.15) is 21.9 Å². The van der Waals surface area contributed by atoms with Crippen LogP contribution in [0.5, 0.6) is 0 Å². The number of amides is 2. The molecule has 2 amide bonds. The van der Waals surface area contributed by atoms with E-state index in [1.807, 2.05) is 0 Å². The fourth-order valence-corrected chi connectivity index (χ4v) is 2.30. The highest BCUT2D eigenvalue weighted by Crippen LogP contribution is 2.14. The van der Waals surface area contributed by atoms with E-state index in [4.69, 9.17) is 4.42 Å². The van der Waals surface area contributed by atoms with Gasteiger partial charge in [-0.1, -0.05) is 12.1 Å². The molecule has 8 nitrogen and oxygen atoms in total. The number of nitrogens with zero attached hydrogens (tertiary/aromatic N) is 2. The van der Waals surface area contributed by atoms with Gasteiger partial charge in [0.2, 0.25) is 5.78 Å². The SMILES string of the molecule is Cn1ccnc1C(=O)c1cccc(NC(=O)C(=O)NCc2ccco2)c1. The Bertz CT molecular complexity index is 944. The molecule has 0 spiro atoms. The maximum Gasteiger partial charge on any atom is 0.313 e. The third-order valence-electron chi connectivity index (χ3n) is 3.62. The fourth-order valence-electron chi connectivity index (χ4n) is 2.30. The molecule has 2 N–H and O–H groups in total. The summed E-state index contributed by atoms with van der Waals surface area (Å²) in [5.74, 6) is -1.10. The molecule has 0 aliphatic carbocycles. The van der Waals surface area contributed by atoms with E-state index in [0.717, 1.165) is 0 Å². The Labute approximate surface area is 148 Å². The summed E-state index contributed by atoms with van der Waals surface area (Å²) in [6, 6.07) is 9.69. The summed E-state index contributed by atoms with van der Waals surface area (Å²) >= 11 is 0. The quantitative estimate of drug-likeness (QED) is 0.535. The molecule has 26 heavy (non-hydrogen) atoms. The first-order valence-corrected chi connectivity index (χ1v) is 7.78. The van der Waals surface area contributed by atoms with Crippen molar-refractivity contribution in [2.45, 2.75) is 6.54 Å². The van der Waals surface area contributed by atoms with E-state index in [2.05, 4.69) is 15.6 Å². The van der Waals surface area contributed by atoms with Crippen LogP contribution in [0.25, 0.3) is 0 Å². The topological polar surface area (TPSA) is 106 Å². The van der Waals surface area contributed by atoms with Crippen molar-refractivity contribution in [2.75, 3.05) is 5.32 Å². The third-order valence-corrected chi connectivity index (χ3v) is 3.62. The lowest BCUT2D eigenvalue weighted by atomic mass is 10.1. The zero-order valence-electron chi connectivity index (χ0n) is 13.9. The number of aryl methyl sites for hydroxylation is 1. The van der Waals surface area contributed by atoms with Crippen LogP contribution in [0, 0.1) is 0 Å². The largest absolute Gasteiger partial charge is 0.467 e. The minimum absolute atomic E-state index is 0.108. The number of benzene rings is 1. The molecule has 0 saturated carbocycles. The van der Waals surface area contributed by atoms with Crippen LogP contribution in [0.3, 0.4) is 0 Å². The standard InChI is InChI=1S/C18H16N4O4/c1-22-8-7-19-16(22)15(23)12-4-2-5-13(10-12)21-18(25)17(24)20-11-14-6-3-9-26-14/h2-10H,11H2,1H3,(H,20,24)(H,21,25). The van der Waals surface area contributed by atoms with Gasteiger partial charge in [0.05, 0.1) is 12.8 Å². The van der Waals surface area contributed by atoms with Crippen LogP contribution in [-0.4, -0.2) is 27.1 Å². The number of imidazole rings is 1. The van der Waals surface area contributed by atoms with E-state index < -0.39 is 11.8 Å². The van der Waals surface area contributed by atoms with Crippen molar-refractivity contribution in [3.8, 4) is 0 Å². The summed E-state index contributed by atoms with van der Waals surface area (Å²) < 4.78 is 6.68. The molecule has 2 aromatic heterocycles. The van der Waals surface area contributed by atoms with E-state index in [1.54, 1.807) is 48.1 Å². The molecule has 1 aromatic carbocycles. The molecule has 3 aromatic rings. The van der Waals surface area contributed by atoms with Gasteiger partial charge in [-0.15, -0.1) is 0 Å². The highest BCUT2D eigenvalue weighted by Gasteiger charge is 2.17. The van der Waals surface area contributed by atoms with Crippen LogP contribution >= 0.6 is 0 Å². The second kappa shape index (κ2) is 7.47. The van der Waals surface area contributed by atoms with Crippen LogP contribution in [0.2, 0.25) is 0 Å². The number of aromatic nitrogens is 2. The Hall–Kier alpha value is -3.68. The van der Waals surface area contributed by atoms with Gasteiger partial charge in [-0.25, -0.2) is 4.98 Å². The Morgan fingerprint density at radius 3 is 2.69 bits per heavy atom. The highest BCUT2D eigenvalue weighted by atomic mass is 16.3. The predicted octanol–water partition coefficient (Wildman–Crippen LogP) is 1.50. The first kappa shape index (κ1) is 17.2. The lowest BCUT2D eigenvalue weighted by Crippen LogP contribution is -2.34. The number of carbonyl (C=O) groups is 3. The molecule has 0 aliphatic rings. The summed E-state index contributed by atoms with van der Waals surface area (Å²) in [5, 5.41) is 4.91. The van der Waals surface area contributed by atoms with Gasteiger partial charge in [0.25, 0.3) is 0 Å². The number of anilines is 1. The van der Waals surface area contributed by atoms with Crippen molar-refractivity contribution in [3.05, 3.63) is 72.2 Å². The smallest absolute Gasteiger partial charge is 0.313 e. The van der Waals surface area contributed by atoms with Gasteiger partial charge in [0.15, 0.2) is 5.82 Å². The second-order valence-electron chi connectivity index (χ2n) is 5.49. The van der Waals surface area contributed by atoms with Crippen molar-refractivity contribution in [2.24, 2.45) is 7.05 Å². The molecule has 0 bridgehead atoms. The number of hydrogen-bond acceptors (Lipinski definition) is 5. The monoisotopic (exact) mass is 352 g/mol. The maximum atomic E-state index is 12.4. The molecule has 3 rings (SSSR count). The van der Waals surface area contributed by atoms with Crippen molar-refractivity contribution < 1.29 is 18.8 Å². The molecule has 0 unspecified atom stereocenters. The molecular formula is C18H16N4O4. The number of carbonyl (C=O) groups excluding carboxylic acids is 3. The van der Waals surface area contributed by atoms with Crippen LogP contribution in [-0.2, 0) is 23.2 Å². The Morgan fingerprint density at radius 1 is 1.15 bits per heavy atom. The van der Waals surface area contributed by atoms with E-state index in [1.165, 1.54) is 18.5 Å². The van der Waals surface area contributed by atoms with Gasteiger partial charge >= 0.3 is 11.8 Å². The molecular weight excluding hydrogens is 336 g/mol. The van der Waals surface area contributed by atoms with Gasteiger partial charge in [-0.05, 0) is 24.3 Å². The van der Waals surface area contributed by atoms with Crippen molar-refractivity contribution in [3.63, 3.8) is 0 Å². The average molecular weight is 352 g/mol. The van der Waals surface area contributed by atoms with Gasteiger partial charge in [-0.2, -0.15) is 0 Å². The predicted molar refractivity (Wildman–Crippen MR) is 92.3 cm³/mol. The van der Waals surface area contributed by atoms with Crippen molar-refractivity contribution >= 4 is 23.3 Å². The van der Waals surface area contributed by atoms with Gasteiger partial charge in [0, 0.05) is 30.7 Å². The normalized spacial score (nSPS) is 10.3. The average Bonchev–Trinajstić information content (AvgIpc) is 3.30.